The number of anilines is 1. The molecule has 0 atom stereocenters. The van der Waals surface area contributed by atoms with E-state index in [2.05, 4.69) is 16.7 Å². The van der Waals surface area contributed by atoms with E-state index in [1.807, 2.05) is 30.3 Å². The number of rotatable bonds is 2. The van der Waals surface area contributed by atoms with Crippen LogP contribution in [0.25, 0.3) is 0 Å². The molecule has 21 heavy (non-hydrogen) atoms. The normalized spacial score (nSPS) is 12.6. The summed E-state index contributed by atoms with van der Waals surface area (Å²) in [7, 11) is 0. The van der Waals surface area contributed by atoms with Crippen LogP contribution >= 0.6 is 12.2 Å². The fraction of sp³-hybridized carbons (Fsp3) is 0.176. The quantitative estimate of drug-likeness (QED) is 0.836. The Morgan fingerprint density at radius 1 is 1.00 bits per heavy atom. The summed E-state index contributed by atoms with van der Waals surface area (Å²) in [5, 5.41) is 6.20. The zero-order chi connectivity index (χ0) is 14.7. The van der Waals surface area contributed by atoms with Crippen molar-refractivity contribution in [3.05, 3.63) is 65.2 Å². The van der Waals surface area contributed by atoms with E-state index in [-0.39, 0.29) is 5.91 Å². The highest BCUT2D eigenvalue weighted by atomic mass is 32.1. The first kappa shape index (κ1) is 13.8. The third-order valence-corrected chi connectivity index (χ3v) is 3.86. The molecule has 0 fully saturated rings. The number of amides is 1. The number of nitrogens with one attached hydrogen (secondary N) is 2. The molecular formula is C17H16N2OS. The Balaban J connectivity index is 1.68. The molecule has 0 saturated carbocycles. The van der Waals surface area contributed by atoms with E-state index in [1.54, 1.807) is 12.1 Å². The summed E-state index contributed by atoms with van der Waals surface area (Å²) < 4.78 is 0. The maximum absolute atomic E-state index is 12.0. The van der Waals surface area contributed by atoms with Crippen molar-refractivity contribution in [2.24, 2.45) is 0 Å². The number of carbonyl (C=O) groups excluding carboxylic acids is 1. The van der Waals surface area contributed by atoms with Gasteiger partial charge in [-0.05, 0) is 60.8 Å². The smallest absolute Gasteiger partial charge is 0.257 e. The molecule has 0 spiro atoms. The van der Waals surface area contributed by atoms with Crippen LogP contribution in [0.1, 0.15) is 27.9 Å². The van der Waals surface area contributed by atoms with Crippen molar-refractivity contribution in [1.29, 1.82) is 0 Å². The molecule has 4 heteroatoms. The van der Waals surface area contributed by atoms with Crippen LogP contribution in [0.5, 0.6) is 0 Å². The Labute approximate surface area is 129 Å². The lowest BCUT2D eigenvalue weighted by Gasteiger charge is -2.13. The first-order chi connectivity index (χ1) is 10.2. The number of thiocarbonyl (C=S) groups is 1. The lowest BCUT2D eigenvalue weighted by Crippen LogP contribution is -2.34. The summed E-state index contributed by atoms with van der Waals surface area (Å²) in [5.41, 5.74) is 4.29. The maximum Gasteiger partial charge on any atom is 0.257 e. The highest BCUT2D eigenvalue weighted by molar-refractivity contribution is 7.80. The van der Waals surface area contributed by atoms with E-state index in [4.69, 9.17) is 12.2 Å². The van der Waals surface area contributed by atoms with Gasteiger partial charge in [-0.1, -0.05) is 30.3 Å². The molecule has 3 rings (SSSR count). The van der Waals surface area contributed by atoms with E-state index >= 15 is 0 Å². The summed E-state index contributed by atoms with van der Waals surface area (Å²) in [6.45, 7) is 0. The lowest BCUT2D eigenvalue weighted by molar-refractivity contribution is 0.0977. The van der Waals surface area contributed by atoms with Gasteiger partial charge < -0.3 is 5.32 Å². The minimum absolute atomic E-state index is 0.194. The van der Waals surface area contributed by atoms with Gasteiger partial charge in [-0.25, -0.2) is 0 Å². The van der Waals surface area contributed by atoms with E-state index < -0.39 is 0 Å². The van der Waals surface area contributed by atoms with Crippen molar-refractivity contribution in [2.45, 2.75) is 19.3 Å². The number of fused-ring (bicyclic) bond motifs is 1. The SMILES string of the molecule is O=C(NC(=S)Nc1cccc2c1CCC2)c1ccccc1. The van der Waals surface area contributed by atoms with Crippen LogP contribution in [0, 0.1) is 0 Å². The van der Waals surface area contributed by atoms with Gasteiger partial charge >= 0.3 is 0 Å². The van der Waals surface area contributed by atoms with Crippen LogP contribution in [0.15, 0.2) is 48.5 Å². The van der Waals surface area contributed by atoms with Gasteiger partial charge in [0.15, 0.2) is 5.11 Å². The predicted molar refractivity (Wildman–Crippen MR) is 88.6 cm³/mol. The van der Waals surface area contributed by atoms with Crippen molar-refractivity contribution in [3.8, 4) is 0 Å². The van der Waals surface area contributed by atoms with Crippen molar-refractivity contribution < 1.29 is 4.79 Å². The minimum atomic E-state index is -0.194. The van der Waals surface area contributed by atoms with Crippen LogP contribution in [-0.4, -0.2) is 11.0 Å². The minimum Gasteiger partial charge on any atom is -0.332 e. The third kappa shape index (κ3) is 3.11. The Bertz CT molecular complexity index is 682. The van der Waals surface area contributed by atoms with Crippen molar-refractivity contribution >= 4 is 28.9 Å². The van der Waals surface area contributed by atoms with Crippen LogP contribution in [0.4, 0.5) is 5.69 Å². The summed E-state index contributed by atoms with van der Waals surface area (Å²) in [6.07, 6.45) is 3.36. The molecule has 1 aliphatic rings. The summed E-state index contributed by atoms with van der Waals surface area (Å²) >= 11 is 5.24. The zero-order valence-corrected chi connectivity index (χ0v) is 12.4. The van der Waals surface area contributed by atoms with Crippen LogP contribution in [0.3, 0.4) is 0 Å². The molecule has 0 aromatic heterocycles. The van der Waals surface area contributed by atoms with Gasteiger partial charge in [-0.2, -0.15) is 0 Å². The fourth-order valence-electron chi connectivity index (χ4n) is 2.66. The molecule has 1 aliphatic carbocycles. The van der Waals surface area contributed by atoms with E-state index in [0.29, 0.717) is 10.7 Å². The van der Waals surface area contributed by atoms with E-state index in [1.165, 1.54) is 17.5 Å². The first-order valence-electron chi connectivity index (χ1n) is 7.02. The van der Waals surface area contributed by atoms with Gasteiger partial charge in [0, 0.05) is 11.3 Å². The number of benzene rings is 2. The van der Waals surface area contributed by atoms with Gasteiger partial charge in [-0.15, -0.1) is 0 Å². The molecule has 0 bridgehead atoms. The lowest BCUT2D eigenvalue weighted by atomic mass is 10.1. The van der Waals surface area contributed by atoms with Crippen LogP contribution in [0.2, 0.25) is 0 Å². The number of carbonyl (C=O) groups is 1. The average Bonchev–Trinajstić information content (AvgIpc) is 2.97. The highest BCUT2D eigenvalue weighted by Crippen LogP contribution is 2.28. The molecule has 0 unspecified atom stereocenters. The van der Waals surface area contributed by atoms with Gasteiger partial charge in [0.05, 0.1) is 0 Å². The predicted octanol–water partition coefficient (Wildman–Crippen LogP) is 3.30. The second-order valence-corrected chi connectivity index (χ2v) is 5.48. The van der Waals surface area contributed by atoms with E-state index in [0.717, 1.165) is 18.5 Å². The molecule has 0 radical (unpaired) electrons. The highest BCUT2D eigenvalue weighted by Gasteiger charge is 2.15. The molecular weight excluding hydrogens is 280 g/mol. The molecule has 3 nitrogen and oxygen atoms in total. The Kier molecular flexibility index (Phi) is 3.97. The van der Waals surface area contributed by atoms with Crippen molar-refractivity contribution in [3.63, 3.8) is 0 Å². The van der Waals surface area contributed by atoms with Crippen LogP contribution < -0.4 is 10.6 Å². The molecule has 106 valence electrons. The Morgan fingerprint density at radius 2 is 1.81 bits per heavy atom. The van der Waals surface area contributed by atoms with Gasteiger partial charge in [0.25, 0.3) is 5.91 Å². The Morgan fingerprint density at radius 3 is 2.62 bits per heavy atom. The molecule has 0 aliphatic heterocycles. The zero-order valence-electron chi connectivity index (χ0n) is 11.6. The first-order valence-corrected chi connectivity index (χ1v) is 7.43. The number of hydrogen-bond donors (Lipinski definition) is 2. The van der Waals surface area contributed by atoms with Gasteiger partial charge in [0.2, 0.25) is 0 Å². The summed E-state index contributed by atoms with van der Waals surface area (Å²) in [6, 6.07) is 15.2. The number of aryl methyl sites for hydroxylation is 1. The second-order valence-electron chi connectivity index (χ2n) is 5.07. The molecule has 1 amide bonds. The van der Waals surface area contributed by atoms with Gasteiger partial charge in [-0.3, -0.25) is 10.1 Å². The standard InChI is InChI=1S/C17H16N2OS/c20-16(13-6-2-1-3-7-13)19-17(21)18-15-11-5-9-12-8-4-10-14(12)15/h1-3,5-7,9,11H,4,8,10H2,(H2,18,19,20,21). The second kappa shape index (κ2) is 6.06. The molecule has 2 aromatic rings. The van der Waals surface area contributed by atoms with Crippen LogP contribution in [-0.2, 0) is 12.8 Å². The van der Waals surface area contributed by atoms with Gasteiger partial charge in [0.1, 0.15) is 0 Å². The third-order valence-electron chi connectivity index (χ3n) is 3.66. The summed E-state index contributed by atoms with van der Waals surface area (Å²) in [5.74, 6) is -0.194. The van der Waals surface area contributed by atoms with Crippen molar-refractivity contribution in [1.82, 2.24) is 5.32 Å². The fourth-order valence-corrected chi connectivity index (χ4v) is 2.86. The summed E-state index contributed by atoms with van der Waals surface area (Å²) in [4.78, 5) is 12.0. The molecule has 0 heterocycles. The number of hydrogen-bond acceptors (Lipinski definition) is 2. The maximum atomic E-state index is 12.0. The topological polar surface area (TPSA) is 41.1 Å². The van der Waals surface area contributed by atoms with Crippen molar-refractivity contribution in [2.75, 3.05) is 5.32 Å². The molecule has 2 aromatic carbocycles. The largest absolute Gasteiger partial charge is 0.332 e. The Hall–Kier alpha value is -2.20. The molecule has 2 N–H and O–H groups in total. The molecule has 0 saturated heterocycles. The van der Waals surface area contributed by atoms with E-state index in [9.17, 15) is 4.79 Å². The monoisotopic (exact) mass is 296 g/mol. The average molecular weight is 296 g/mol.